The number of amidine groups is 1. The first kappa shape index (κ1) is 25.7. The number of hydrogen-bond acceptors (Lipinski definition) is 6. The fourth-order valence-corrected chi connectivity index (χ4v) is 6.01. The topological polar surface area (TPSA) is 60.0 Å². The van der Waals surface area contributed by atoms with E-state index in [2.05, 4.69) is 21.6 Å². The van der Waals surface area contributed by atoms with Gasteiger partial charge < -0.3 is 20.4 Å². The highest BCUT2D eigenvalue weighted by Gasteiger charge is 2.33. The van der Waals surface area contributed by atoms with Crippen LogP contribution in [0.2, 0.25) is 0 Å². The number of carbonyl (C=O) groups is 1. The summed E-state index contributed by atoms with van der Waals surface area (Å²) in [5, 5.41) is 8.39. The maximum Gasteiger partial charge on any atom is 0.416 e. The number of halogens is 3. The van der Waals surface area contributed by atoms with Crippen molar-refractivity contribution < 1.29 is 18.0 Å². The molecule has 1 aromatic heterocycles. The summed E-state index contributed by atoms with van der Waals surface area (Å²) in [4.78, 5) is 23.2. The van der Waals surface area contributed by atoms with Crippen LogP contribution in [0.5, 0.6) is 0 Å². The number of amides is 1. The van der Waals surface area contributed by atoms with E-state index >= 15 is 0 Å². The van der Waals surface area contributed by atoms with E-state index in [-0.39, 0.29) is 5.56 Å². The molecule has 1 saturated heterocycles. The van der Waals surface area contributed by atoms with Gasteiger partial charge >= 0.3 is 6.18 Å². The zero-order chi connectivity index (χ0) is 27.1. The van der Waals surface area contributed by atoms with E-state index in [1.54, 1.807) is 23.5 Å². The van der Waals surface area contributed by atoms with Crippen LogP contribution in [0.15, 0.2) is 52.8 Å². The number of piperidine rings is 1. The van der Waals surface area contributed by atoms with E-state index in [0.717, 1.165) is 71.9 Å². The second kappa shape index (κ2) is 10.2. The molecule has 3 heterocycles. The Morgan fingerprint density at radius 2 is 1.82 bits per heavy atom. The molecule has 2 aromatic carbocycles. The fraction of sp³-hybridized carbons (Fsp3) is 0.379. The van der Waals surface area contributed by atoms with Gasteiger partial charge in [0.05, 0.1) is 16.1 Å². The summed E-state index contributed by atoms with van der Waals surface area (Å²) in [7, 11) is 0. The Labute approximate surface area is 229 Å². The van der Waals surface area contributed by atoms with E-state index in [4.69, 9.17) is 4.99 Å². The maximum absolute atomic E-state index is 13.7. The van der Waals surface area contributed by atoms with Crippen LogP contribution >= 0.6 is 11.3 Å². The van der Waals surface area contributed by atoms with Crippen molar-refractivity contribution in [2.45, 2.75) is 51.2 Å². The lowest BCUT2D eigenvalue weighted by molar-refractivity contribution is -0.137. The molecule has 0 unspecified atom stereocenters. The molecule has 0 spiro atoms. The first-order valence-electron chi connectivity index (χ1n) is 13.3. The maximum atomic E-state index is 13.7. The molecule has 1 saturated carbocycles. The summed E-state index contributed by atoms with van der Waals surface area (Å²) < 4.78 is 41.2. The molecule has 3 aliphatic rings. The minimum atomic E-state index is -4.54. The van der Waals surface area contributed by atoms with Gasteiger partial charge in [0.15, 0.2) is 0 Å². The van der Waals surface area contributed by atoms with Crippen molar-refractivity contribution in [3.05, 3.63) is 69.4 Å². The number of hydrogen-bond donors (Lipinski definition) is 2. The smallest absolute Gasteiger partial charge is 0.372 e. The number of nitrogens with one attached hydrogen (secondary N) is 2. The summed E-state index contributed by atoms with van der Waals surface area (Å²) in [5.41, 5.74) is 3.07. The molecular weight excluding hydrogens is 523 g/mol. The third kappa shape index (κ3) is 5.48. The summed E-state index contributed by atoms with van der Waals surface area (Å²) in [5.74, 6) is 0.355. The lowest BCUT2D eigenvalue weighted by atomic mass is 10.0. The molecule has 2 fully saturated rings. The SMILES string of the molecule is Cc1ccc(NC(=O)c2cc(N3CCCCC3)cc(C(F)(F)F)c2)cc1N1CN=C(NC2CC2)c2sccc21. The lowest BCUT2D eigenvalue weighted by Crippen LogP contribution is -2.33. The highest BCUT2D eigenvalue weighted by Crippen LogP contribution is 2.39. The fourth-order valence-electron chi connectivity index (χ4n) is 5.14. The van der Waals surface area contributed by atoms with Gasteiger partial charge in [-0.05, 0) is 86.4 Å². The first-order valence-corrected chi connectivity index (χ1v) is 14.2. The van der Waals surface area contributed by atoms with Gasteiger partial charge in [0.1, 0.15) is 12.5 Å². The average molecular weight is 554 g/mol. The van der Waals surface area contributed by atoms with Gasteiger partial charge in [0, 0.05) is 41.8 Å². The van der Waals surface area contributed by atoms with Gasteiger partial charge in [-0.1, -0.05) is 6.07 Å². The van der Waals surface area contributed by atoms with Gasteiger partial charge in [-0.25, -0.2) is 4.99 Å². The predicted molar refractivity (Wildman–Crippen MR) is 151 cm³/mol. The van der Waals surface area contributed by atoms with E-state index in [9.17, 15) is 18.0 Å². The monoisotopic (exact) mass is 553 g/mol. The lowest BCUT2D eigenvalue weighted by Gasteiger charge is -2.30. The molecule has 0 radical (unpaired) electrons. The molecule has 2 aliphatic heterocycles. The molecule has 2 N–H and O–H groups in total. The number of carbonyl (C=O) groups excluding carboxylic acids is 1. The van der Waals surface area contributed by atoms with Crippen molar-refractivity contribution >= 4 is 45.8 Å². The summed E-state index contributed by atoms with van der Waals surface area (Å²) >= 11 is 1.64. The van der Waals surface area contributed by atoms with E-state index in [1.165, 1.54) is 0 Å². The van der Waals surface area contributed by atoms with Crippen molar-refractivity contribution in [1.82, 2.24) is 5.32 Å². The number of thiophene rings is 1. The Morgan fingerprint density at radius 1 is 1.03 bits per heavy atom. The van der Waals surface area contributed by atoms with Gasteiger partial charge in [-0.2, -0.15) is 13.2 Å². The zero-order valence-corrected chi connectivity index (χ0v) is 22.5. The quantitative estimate of drug-likeness (QED) is 0.360. The van der Waals surface area contributed by atoms with Crippen LogP contribution in [-0.4, -0.2) is 37.5 Å². The van der Waals surface area contributed by atoms with Gasteiger partial charge in [-0.3, -0.25) is 4.79 Å². The minimum absolute atomic E-state index is 0.00833. The van der Waals surface area contributed by atoms with Crippen molar-refractivity contribution in [2.24, 2.45) is 4.99 Å². The van der Waals surface area contributed by atoms with Crippen molar-refractivity contribution in [3.8, 4) is 0 Å². The minimum Gasteiger partial charge on any atom is -0.372 e. The van der Waals surface area contributed by atoms with Crippen molar-refractivity contribution in [2.75, 3.05) is 34.9 Å². The standard InChI is InChI=1S/C29H30F3N5OS/c1-18-5-6-22(16-25(18)37-17-33-27(34-21-7-8-21)26-24(37)9-12-39-26)35-28(38)19-13-20(29(30,31)32)15-23(14-19)36-10-3-2-4-11-36/h5-6,9,12-16,21H,2-4,7-8,10-11,17H2,1H3,(H,33,34)(H,35,38). The normalized spacial score (nSPS) is 17.5. The summed E-state index contributed by atoms with van der Waals surface area (Å²) in [6, 6.07) is 11.8. The molecule has 10 heteroatoms. The Kier molecular flexibility index (Phi) is 6.74. The Hall–Kier alpha value is -3.53. The van der Waals surface area contributed by atoms with Crippen LogP contribution in [-0.2, 0) is 6.18 Å². The molecule has 3 aromatic rings. The molecule has 0 atom stereocenters. The van der Waals surface area contributed by atoms with Crippen molar-refractivity contribution in [1.29, 1.82) is 0 Å². The third-order valence-electron chi connectivity index (χ3n) is 7.43. The Bertz CT molecular complexity index is 1420. The predicted octanol–water partition coefficient (Wildman–Crippen LogP) is 6.93. The largest absolute Gasteiger partial charge is 0.416 e. The van der Waals surface area contributed by atoms with Crippen LogP contribution in [0.25, 0.3) is 0 Å². The van der Waals surface area contributed by atoms with Crippen LogP contribution in [0.1, 0.15) is 58.5 Å². The third-order valence-corrected chi connectivity index (χ3v) is 8.34. The number of aliphatic imine (C=N–C) groups is 1. The van der Waals surface area contributed by atoms with E-state index in [0.29, 0.717) is 37.2 Å². The van der Waals surface area contributed by atoms with Gasteiger partial charge in [0.2, 0.25) is 0 Å². The summed E-state index contributed by atoms with van der Waals surface area (Å²) in [6.45, 7) is 3.80. The number of benzene rings is 2. The highest BCUT2D eigenvalue weighted by molar-refractivity contribution is 7.12. The average Bonchev–Trinajstić information content (AvgIpc) is 3.61. The highest BCUT2D eigenvalue weighted by atomic mass is 32.1. The molecule has 6 rings (SSSR count). The van der Waals surface area contributed by atoms with Crippen LogP contribution < -0.4 is 20.4 Å². The molecule has 0 bridgehead atoms. The van der Waals surface area contributed by atoms with Crippen LogP contribution in [0, 0.1) is 6.92 Å². The molecular formula is C29H30F3N5OS. The van der Waals surface area contributed by atoms with E-state index < -0.39 is 17.6 Å². The van der Waals surface area contributed by atoms with Crippen LogP contribution in [0.4, 0.5) is 35.9 Å². The van der Waals surface area contributed by atoms with E-state index in [1.807, 2.05) is 29.3 Å². The number of alkyl halides is 3. The molecule has 1 aliphatic carbocycles. The molecule has 39 heavy (non-hydrogen) atoms. The Balaban J connectivity index is 1.27. The number of rotatable bonds is 5. The summed E-state index contributed by atoms with van der Waals surface area (Å²) in [6.07, 6.45) is 0.693. The number of nitrogens with zero attached hydrogens (tertiary/aromatic N) is 3. The van der Waals surface area contributed by atoms with Gasteiger partial charge in [0.25, 0.3) is 5.91 Å². The first-order chi connectivity index (χ1) is 18.8. The second-order valence-corrected chi connectivity index (χ2v) is 11.3. The Morgan fingerprint density at radius 3 is 2.56 bits per heavy atom. The number of aryl methyl sites for hydroxylation is 1. The second-order valence-electron chi connectivity index (χ2n) is 10.4. The number of fused-ring (bicyclic) bond motifs is 1. The molecule has 6 nitrogen and oxygen atoms in total. The van der Waals surface area contributed by atoms with Crippen LogP contribution in [0.3, 0.4) is 0 Å². The van der Waals surface area contributed by atoms with Gasteiger partial charge in [-0.15, -0.1) is 11.3 Å². The molecule has 204 valence electrons. The van der Waals surface area contributed by atoms with Crippen molar-refractivity contribution in [3.63, 3.8) is 0 Å². The molecule has 1 amide bonds. The zero-order valence-electron chi connectivity index (χ0n) is 21.6. The number of anilines is 4.